The number of ether oxygens (including phenoxy) is 2. The summed E-state index contributed by atoms with van der Waals surface area (Å²) in [6, 6.07) is 15.0. The maximum absolute atomic E-state index is 12.7. The Morgan fingerprint density at radius 1 is 1.09 bits per heavy atom. The third kappa shape index (κ3) is 7.91. The number of rotatable bonds is 10. The average molecular weight is 482 g/mol. The Hall–Kier alpha value is -4.28. The number of carbonyl (C=O) groups is 3. The molecule has 0 aliphatic carbocycles. The van der Waals surface area contributed by atoms with Crippen LogP contribution in [0.4, 0.5) is 4.79 Å². The van der Waals surface area contributed by atoms with Crippen molar-refractivity contribution in [3.05, 3.63) is 65.7 Å². The van der Waals surface area contributed by atoms with Gasteiger partial charge in [-0.25, -0.2) is 4.79 Å². The summed E-state index contributed by atoms with van der Waals surface area (Å²) in [6.45, 7) is 5.78. The van der Waals surface area contributed by atoms with Crippen molar-refractivity contribution in [2.24, 2.45) is 0 Å². The predicted octanol–water partition coefficient (Wildman–Crippen LogP) is 3.10. The van der Waals surface area contributed by atoms with Crippen LogP contribution in [0.2, 0.25) is 0 Å². The molecule has 0 radical (unpaired) electrons. The van der Waals surface area contributed by atoms with E-state index in [4.69, 9.17) is 14.6 Å². The second-order valence-corrected chi connectivity index (χ2v) is 8.81. The quantitative estimate of drug-likeness (QED) is 0.446. The number of nitrogens with zero attached hydrogens (tertiary/aromatic N) is 4. The van der Waals surface area contributed by atoms with Crippen LogP contribution in [0.3, 0.4) is 0 Å². The predicted molar refractivity (Wildman–Crippen MR) is 124 cm³/mol. The van der Waals surface area contributed by atoms with Gasteiger partial charge in [0.1, 0.15) is 24.9 Å². The molecule has 1 atom stereocenters. The lowest BCUT2D eigenvalue weighted by molar-refractivity contribution is -0.139. The van der Waals surface area contributed by atoms with E-state index in [1.54, 1.807) is 30.3 Å². The number of carbonyl (C=O) groups excluding carboxylic acids is 2. The van der Waals surface area contributed by atoms with Crippen LogP contribution in [0, 0.1) is 0 Å². The van der Waals surface area contributed by atoms with Crippen molar-refractivity contribution in [2.45, 2.75) is 51.8 Å². The molecule has 184 valence electrons. The largest absolute Gasteiger partial charge is 0.481 e. The molecule has 0 fully saturated rings. The van der Waals surface area contributed by atoms with Crippen LogP contribution in [0.1, 0.15) is 38.3 Å². The molecule has 0 saturated heterocycles. The molecular formula is C24H27N5O6. The van der Waals surface area contributed by atoms with Crippen molar-refractivity contribution >= 4 is 17.8 Å². The summed E-state index contributed by atoms with van der Waals surface area (Å²) in [6.07, 6.45) is -1.54. The number of hydrogen-bond acceptors (Lipinski definition) is 8. The first kappa shape index (κ1) is 25.3. The van der Waals surface area contributed by atoms with Gasteiger partial charge in [0.15, 0.2) is 5.78 Å². The zero-order valence-corrected chi connectivity index (χ0v) is 19.7. The van der Waals surface area contributed by atoms with Crippen LogP contribution < -0.4 is 10.1 Å². The molecule has 0 bridgehead atoms. The second-order valence-electron chi connectivity index (χ2n) is 8.81. The van der Waals surface area contributed by atoms with Crippen LogP contribution in [-0.2, 0) is 32.9 Å². The number of carboxylic acid groups (broad SMARTS) is 1. The second kappa shape index (κ2) is 11.2. The highest BCUT2D eigenvalue weighted by Gasteiger charge is 2.25. The molecular weight excluding hydrogens is 454 g/mol. The summed E-state index contributed by atoms with van der Waals surface area (Å²) in [5.74, 6) is -1.39. The van der Waals surface area contributed by atoms with Gasteiger partial charge in [-0.2, -0.15) is 4.80 Å². The van der Waals surface area contributed by atoms with Crippen molar-refractivity contribution < 1.29 is 29.0 Å². The maximum Gasteiger partial charge on any atom is 0.408 e. The Bertz CT molecular complexity index is 1170. The molecule has 0 spiro atoms. The third-order valence-corrected chi connectivity index (χ3v) is 4.91. The van der Waals surface area contributed by atoms with Crippen LogP contribution >= 0.6 is 0 Å². The number of alkyl carbamates (subject to hydrolysis) is 1. The molecule has 11 nitrogen and oxygen atoms in total. The topological polar surface area (TPSA) is 146 Å². The van der Waals surface area contributed by atoms with Crippen LogP contribution in [0.5, 0.6) is 11.8 Å². The van der Waals surface area contributed by atoms with Crippen LogP contribution in [0.25, 0.3) is 0 Å². The average Bonchev–Trinajstić information content (AvgIpc) is 3.23. The van der Waals surface area contributed by atoms with Gasteiger partial charge in [0, 0.05) is 0 Å². The highest BCUT2D eigenvalue weighted by Crippen LogP contribution is 2.27. The molecule has 3 rings (SSSR count). The van der Waals surface area contributed by atoms with Crippen molar-refractivity contribution in [1.82, 2.24) is 25.5 Å². The van der Waals surface area contributed by atoms with Gasteiger partial charge in [0.2, 0.25) is 0 Å². The molecule has 1 amide bonds. The maximum atomic E-state index is 12.7. The number of carboxylic acids is 1. The van der Waals surface area contributed by atoms with E-state index in [-0.39, 0.29) is 18.0 Å². The number of aromatic nitrogens is 4. The molecule has 1 heterocycles. The fraction of sp³-hybridized carbons (Fsp3) is 0.333. The summed E-state index contributed by atoms with van der Waals surface area (Å²) in [5.41, 5.74) is 1.72. The summed E-state index contributed by atoms with van der Waals surface area (Å²) in [5, 5.41) is 23.0. The third-order valence-electron chi connectivity index (χ3n) is 4.91. The van der Waals surface area contributed by atoms with E-state index < -0.39 is 36.9 Å². The fourth-order valence-corrected chi connectivity index (χ4v) is 3.04. The molecule has 3 aromatic rings. The lowest BCUT2D eigenvalue weighted by atomic mass is 9.87. The van der Waals surface area contributed by atoms with Crippen LogP contribution in [-0.4, -0.2) is 49.2 Å². The zero-order chi connectivity index (χ0) is 25.4. The number of hydrogen-bond donors (Lipinski definition) is 2. The van der Waals surface area contributed by atoms with Gasteiger partial charge in [-0.05, 0) is 33.9 Å². The Labute approximate surface area is 202 Å². The number of tetrazole rings is 1. The number of benzene rings is 2. The van der Waals surface area contributed by atoms with E-state index in [1.165, 1.54) is 0 Å². The minimum absolute atomic E-state index is 0.0254. The van der Waals surface area contributed by atoms with Crippen molar-refractivity contribution in [3.8, 4) is 11.8 Å². The smallest absolute Gasteiger partial charge is 0.408 e. The first-order valence-electron chi connectivity index (χ1n) is 10.9. The SMILES string of the molecule is CC(C)(C)c1cccc(Oc2nnn(CC(=O)C(CC(=O)O)NC(=O)OCc3ccccc3)n2)c1. The van der Waals surface area contributed by atoms with Crippen LogP contribution in [0.15, 0.2) is 54.6 Å². The van der Waals surface area contributed by atoms with E-state index in [1.807, 2.05) is 24.3 Å². The van der Waals surface area contributed by atoms with E-state index in [9.17, 15) is 14.4 Å². The summed E-state index contributed by atoms with van der Waals surface area (Å²) in [7, 11) is 0. The van der Waals surface area contributed by atoms with Gasteiger partial charge >= 0.3 is 18.1 Å². The fourth-order valence-electron chi connectivity index (χ4n) is 3.04. The molecule has 2 aromatic carbocycles. The van der Waals surface area contributed by atoms with Gasteiger partial charge in [0.25, 0.3) is 0 Å². The Morgan fingerprint density at radius 3 is 2.51 bits per heavy atom. The van der Waals surface area contributed by atoms with E-state index in [0.717, 1.165) is 15.9 Å². The van der Waals surface area contributed by atoms with Gasteiger partial charge < -0.3 is 19.9 Å². The number of ketones is 1. The molecule has 0 aliphatic heterocycles. The monoisotopic (exact) mass is 481 g/mol. The molecule has 2 N–H and O–H groups in total. The summed E-state index contributed by atoms with van der Waals surface area (Å²) in [4.78, 5) is 37.0. The molecule has 35 heavy (non-hydrogen) atoms. The highest BCUT2D eigenvalue weighted by molar-refractivity contribution is 5.90. The number of amides is 1. The van der Waals surface area contributed by atoms with E-state index in [0.29, 0.717) is 5.75 Å². The Morgan fingerprint density at radius 2 is 1.83 bits per heavy atom. The lowest BCUT2D eigenvalue weighted by Crippen LogP contribution is -2.44. The van der Waals surface area contributed by atoms with Gasteiger partial charge in [-0.1, -0.05) is 73.4 Å². The molecule has 1 unspecified atom stereocenters. The Balaban J connectivity index is 1.60. The first-order valence-corrected chi connectivity index (χ1v) is 10.9. The standard InChI is InChI=1S/C24H27N5O6/c1-24(2,3)17-10-7-11-18(12-17)35-22-26-28-29(27-22)14-20(30)19(13-21(31)32)25-23(33)34-15-16-8-5-4-6-9-16/h4-12,19H,13-15H2,1-3H3,(H,25,33)(H,31,32). The van der Waals surface area contributed by atoms with E-state index in [2.05, 4.69) is 41.5 Å². The summed E-state index contributed by atoms with van der Waals surface area (Å²) >= 11 is 0. The van der Waals surface area contributed by atoms with Crippen molar-refractivity contribution in [3.63, 3.8) is 0 Å². The lowest BCUT2D eigenvalue weighted by Gasteiger charge is -2.19. The van der Waals surface area contributed by atoms with E-state index >= 15 is 0 Å². The number of aliphatic carboxylic acids is 1. The van der Waals surface area contributed by atoms with Crippen molar-refractivity contribution in [2.75, 3.05) is 0 Å². The molecule has 1 aromatic heterocycles. The zero-order valence-electron chi connectivity index (χ0n) is 19.7. The molecule has 0 saturated carbocycles. The first-order chi connectivity index (χ1) is 16.6. The van der Waals surface area contributed by atoms with Gasteiger partial charge in [0.05, 0.1) is 6.42 Å². The number of Topliss-reactive ketones (excluding diaryl/α,β-unsaturated/α-hetero) is 1. The molecule has 0 aliphatic rings. The number of nitrogens with one attached hydrogen (secondary N) is 1. The minimum Gasteiger partial charge on any atom is -0.481 e. The Kier molecular flexibility index (Phi) is 8.13. The highest BCUT2D eigenvalue weighted by atomic mass is 16.5. The normalized spacial score (nSPS) is 12.0. The minimum atomic E-state index is -1.34. The van der Waals surface area contributed by atoms with Gasteiger partial charge in [-0.15, -0.1) is 0 Å². The summed E-state index contributed by atoms with van der Waals surface area (Å²) < 4.78 is 10.7. The van der Waals surface area contributed by atoms with Gasteiger partial charge in [-0.3, -0.25) is 9.59 Å². The van der Waals surface area contributed by atoms with Crippen molar-refractivity contribution in [1.29, 1.82) is 0 Å². The molecule has 11 heteroatoms.